The zero-order chi connectivity index (χ0) is 14.7. The van der Waals surface area contributed by atoms with Crippen molar-refractivity contribution in [3.63, 3.8) is 0 Å². The molecule has 116 valence electrons. The molecule has 0 saturated carbocycles. The molecular formula is C18H28N2O. The highest BCUT2D eigenvalue weighted by molar-refractivity contribution is 5.39. The molecule has 0 radical (unpaired) electrons. The summed E-state index contributed by atoms with van der Waals surface area (Å²) in [5, 5.41) is 0. The fraction of sp³-hybridized carbons (Fsp3) is 0.667. The summed E-state index contributed by atoms with van der Waals surface area (Å²) in [5.74, 6) is 1.13. The monoisotopic (exact) mass is 288 g/mol. The van der Waals surface area contributed by atoms with Gasteiger partial charge in [0.25, 0.3) is 0 Å². The maximum atomic E-state index is 6.46. The number of piperidine rings is 1. The van der Waals surface area contributed by atoms with Crippen LogP contribution in [-0.2, 0) is 12.8 Å². The first-order valence-corrected chi connectivity index (χ1v) is 8.48. The summed E-state index contributed by atoms with van der Waals surface area (Å²) in [5.41, 5.74) is 8.53. The van der Waals surface area contributed by atoms with Crippen molar-refractivity contribution in [2.45, 2.75) is 51.0 Å². The average Bonchev–Trinajstić information content (AvgIpc) is 2.54. The highest BCUT2D eigenvalue weighted by Crippen LogP contribution is 2.39. The third-order valence-electron chi connectivity index (χ3n) is 5.16. The third kappa shape index (κ3) is 3.24. The molecule has 1 fully saturated rings. The highest BCUT2D eigenvalue weighted by Gasteiger charge is 2.39. The molecule has 3 nitrogen and oxygen atoms in total. The van der Waals surface area contributed by atoms with E-state index >= 15 is 0 Å². The molecule has 2 heterocycles. The van der Waals surface area contributed by atoms with Crippen molar-refractivity contribution in [3.05, 3.63) is 29.3 Å². The maximum Gasteiger partial charge on any atom is 0.123 e. The topological polar surface area (TPSA) is 38.5 Å². The van der Waals surface area contributed by atoms with E-state index in [1.54, 1.807) is 0 Å². The predicted octanol–water partition coefficient (Wildman–Crippen LogP) is 2.76. The first-order chi connectivity index (χ1) is 10.2. The Morgan fingerprint density at radius 2 is 2.05 bits per heavy atom. The molecule has 1 aromatic carbocycles. The molecule has 3 rings (SSSR count). The number of likely N-dealkylation sites (tertiary alicyclic amines) is 1. The van der Waals surface area contributed by atoms with E-state index in [1.807, 2.05) is 0 Å². The standard InChI is InChI=1S/C18H28N2O/c1-2-15-4-5-17-16(14-15)6-7-18(21-17)8-12-20(13-9-18)11-3-10-19/h4-5,14H,2-3,6-13,19H2,1H3. The second-order valence-corrected chi connectivity index (χ2v) is 6.56. The SMILES string of the molecule is CCc1ccc2c(c1)CCC1(CCN(CCCN)CC1)O2. The van der Waals surface area contributed by atoms with Gasteiger partial charge in [-0.15, -0.1) is 0 Å². The zero-order valence-electron chi connectivity index (χ0n) is 13.2. The van der Waals surface area contributed by atoms with Crippen LogP contribution in [0.25, 0.3) is 0 Å². The van der Waals surface area contributed by atoms with Crippen LogP contribution >= 0.6 is 0 Å². The molecule has 0 aromatic heterocycles. The molecule has 2 aliphatic heterocycles. The molecule has 2 aliphatic rings. The van der Waals surface area contributed by atoms with E-state index in [-0.39, 0.29) is 5.60 Å². The Kier molecular flexibility index (Phi) is 4.51. The van der Waals surface area contributed by atoms with Gasteiger partial charge in [-0.25, -0.2) is 0 Å². The van der Waals surface area contributed by atoms with Crippen molar-refractivity contribution in [1.29, 1.82) is 0 Å². The largest absolute Gasteiger partial charge is 0.487 e. The lowest BCUT2D eigenvalue weighted by atomic mass is 9.82. The van der Waals surface area contributed by atoms with Gasteiger partial charge in [-0.3, -0.25) is 0 Å². The Morgan fingerprint density at radius 3 is 2.76 bits per heavy atom. The molecule has 0 atom stereocenters. The molecule has 0 amide bonds. The fourth-order valence-corrected chi connectivity index (χ4v) is 3.65. The summed E-state index contributed by atoms with van der Waals surface area (Å²) in [6.45, 7) is 6.46. The lowest BCUT2D eigenvalue weighted by molar-refractivity contribution is -0.0145. The lowest BCUT2D eigenvalue weighted by Gasteiger charge is -2.44. The van der Waals surface area contributed by atoms with Crippen LogP contribution in [0, 0.1) is 0 Å². The number of ether oxygens (including phenoxy) is 1. The maximum absolute atomic E-state index is 6.46. The summed E-state index contributed by atoms with van der Waals surface area (Å²) in [6, 6.07) is 6.74. The fourth-order valence-electron chi connectivity index (χ4n) is 3.65. The van der Waals surface area contributed by atoms with Crippen LogP contribution in [0.1, 0.15) is 43.7 Å². The third-order valence-corrected chi connectivity index (χ3v) is 5.16. The first kappa shape index (κ1) is 14.9. The number of hydrogen-bond acceptors (Lipinski definition) is 3. The number of benzene rings is 1. The minimum absolute atomic E-state index is 0.0972. The van der Waals surface area contributed by atoms with Crippen LogP contribution < -0.4 is 10.5 Å². The summed E-state index contributed by atoms with van der Waals surface area (Å²) in [4.78, 5) is 2.54. The second-order valence-electron chi connectivity index (χ2n) is 6.56. The predicted molar refractivity (Wildman–Crippen MR) is 86.8 cm³/mol. The van der Waals surface area contributed by atoms with Crippen molar-refractivity contribution in [2.24, 2.45) is 5.73 Å². The first-order valence-electron chi connectivity index (χ1n) is 8.48. The van der Waals surface area contributed by atoms with Gasteiger partial charge in [-0.1, -0.05) is 19.1 Å². The van der Waals surface area contributed by atoms with E-state index < -0.39 is 0 Å². The average molecular weight is 288 g/mol. The normalized spacial score (nSPS) is 21.0. The van der Waals surface area contributed by atoms with Crippen LogP contribution in [0.2, 0.25) is 0 Å². The number of nitrogens with two attached hydrogens (primary N) is 1. The molecule has 1 saturated heterocycles. The molecule has 0 aliphatic carbocycles. The number of aryl methyl sites for hydroxylation is 2. The van der Waals surface area contributed by atoms with Crippen LogP contribution in [-0.4, -0.2) is 36.7 Å². The summed E-state index contributed by atoms with van der Waals surface area (Å²) in [6.07, 6.45) is 6.88. The Labute approximate surface area is 128 Å². The molecular weight excluding hydrogens is 260 g/mol. The number of hydrogen-bond donors (Lipinski definition) is 1. The van der Waals surface area contributed by atoms with Crippen LogP contribution in [0.3, 0.4) is 0 Å². The summed E-state index contributed by atoms with van der Waals surface area (Å²) in [7, 11) is 0. The molecule has 21 heavy (non-hydrogen) atoms. The van der Waals surface area contributed by atoms with Crippen molar-refractivity contribution in [1.82, 2.24) is 4.90 Å². The van der Waals surface area contributed by atoms with E-state index in [0.29, 0.717) is 0 Å². The molecule has 1 spiro atoms. The highest BCUT2D eigenvalue weighted by atomic mass is 16.5. The minimum Gasteiger partial charge on any atom is -0.487 e. The molecule has 0 unspecified atom stereocenters. The Morgan fingerprint density at radius 1 is 1.24 bits per heavy atom. The van der Waals surface area contributed by atoms with Gasteiger partial charge in [0.05, 0.1) is 0 Å². The van der Waals surface area contributed by atoms with Gasteiger partial charge < -0.3 is 15.4 Å². The lowest BCUT2D eigenvalue weighted by Crippen LogP contribution is -2.50. The summed E-state index contributed by atoms with van der Waals surface area (Å²) >= 11 is 0. The van der Waals surface area contributed by atoms with Gasteiger partial charge in [-0.2, -0.15) is 0 Å². The van der Waals surface area contributed by atoms with Crippen molar-refractivity contribution in [2.75, 3.05) is 26.2 Å². The second kappa shape index (κ2) is 6.37. The van der Waals surface area contributed by atoms with E-state index in [1.165, 1.54) is 24.0 Å². The number of nitrogens with zero attached hydrogens (tertiary/aromatic N) is 1. The van der Waals surface area contributed by atoms with E-state index in [4.69, 9.17) is 10.5 Å². The molecule has 0 bridgehead atoms. The quantitative estimate of drug-likeness (QED) is 0.926. The van der Waals surface area contributed by atoms with E-state index in [9.17, 15) is 0 Å². The molecule has 3 heteroatoms. The van der Waals surface area contributed by atoms with Gasteiger partial charge in [0.15, 0.2) is 0 Å². The minimum atomic E-state index is 0.0972. The van der Waals surface area contributed by atoms with E-state index in [2.05, 4.69) is 30.0 Å². The van der Waals surface area contributed by atoms with Gasteiger partial charge in [-0.05, 0) is 68.8 Å². The van der Waals surface area contributed by atoms with Gasteiger partial charge >= 0.3 is 0 Å². The smallest absolute Gasteiger partial charge is 0.123 e. The Balaban J connectivity index is 1.64. The summed E-state index contributed by atoms with van der Waals surface area (Å²) < 4.78 is 6.46. The molecule has 2 N–H and O–H groups in total. The van der Waals surface area contributed by atoms with Crippen LogP contribution in [0.4, 0.5) is 0 Å². The van der Waals surface area contributed by atoms with Crippen molar-refractivity contribution < 1.29 is 4.74 Å². The van der Waals surface area contributed by atoms with Crippen LogP contribution in [0.15, 0.2) is 18.2 Å². The van der Waals surface area contributed by atoms with E-state index in [0.717, 1.165) is 57.6 Å². The van der Waals surface area contributed by atoms with Crippen molar-refractivity contribution >= 4 is 0 Å². The molecule has 1 aromatic rings. The van der Waals surface area contributed by atoms with Gasteiger partial charge in [0, 0.05) is 13.1 Å². The van der Waals surface area contributed by atoms with Gasteiger partial charge in [0.1, 0.15) is 11.4 Å². The Bertz CT molecular complexity index is 478. The number of rotatable bonds is 4. The number of fused-ring (bicyclic) bond motifs is 1. The Hall–Kier alpha value is -1.06. The van der Waals surface area contributed by atoms with Crippen LogP contribution in [0.5, 0.6) is 5.75 Å². The van der Waals surface area contributed by atoms with Crippen molar-refractivity contribution in [3.8, 4) is 5.75 Å². The van der Waals surface area contributed by atoms with Gasteiger partial charge in [0.2, 0.25) is 0 Å². The zero-order valence-corrected chi connectivity index (χ0v) is 13.2.